The third-order valence-electron chi connectivity index (χ3n) is 2.98. The molecule has 0 spiro atoms. The number of carbonyl (C=O) groups is 3. The molecule has 0 atom stereocenters. The third-order valence-corrected chi connectivity index (χ3v) is 2.98. The van der Waals surface area contributed by atoms with Crippen LogP contribution in [-0.2, 0) is 28.6 Å². The second kappa shape index (κ2) is 8.61. The first kappa shape index (κ1) is 17.4. The first-order chi connectivity index (χ1) is 10.5. The molecule has 6 heteroatoms. The van der Waals surface area contributed by atoms with Gasteiger partial charge < -0.3 is 14.2 Å². The highest BCUT2D eigenvalue weighted by Crippen LogP contribution is 2.19. The Balaban J connectivity index is 3.11. The Bertz CT molecular complexity index is 545. The van der Waals surface area contributed by atoms with Gasteiger partial charge in [-0.3, -0.25) is 9.59 Å². The molecular formula is C16H18O6. The van der Waals surface area contributed by atoms with Gasteiger partial charge in [0, 0.05) is 12.0 Å². The number of hydrogen-bond acceptors (Lipinski definition) is 6. The van der Waals surface area contributed by atoms with Crippen LogP contribution in [0, 0.1) is 5.92 Å². The highest BCUT2D eigenvalue weighted by atomic mass is 16.5. The average Bonchev–Trinajstić information content (AvgIpc) is 2.57. The van der Waals surface area contributed by atoms with Gasteiger partial charge in [0.05, 0.1) is 21.3 Å². The van der Waals surface area contributed by atoms with Gasteiger partial charge >= 0.3 is 17.9 Å². The maximum atomic E-state index is 11.9. The summed E-state index contributed by atoms with van der Waals surface area (Å²) in [6.07, 6.45) is 1.39. The number of methoxy groups -OCH3 is 3. The van der Waals surface area contributed by atoms with Crippen LogP contribution in [-0.4, -0.2) is 39.2 Å². The zero-order chi connectivity index (χ0) is 16.5. The molecule has 22 heavy (non-hydrogen) atoms. The second-order valence-electron chi connectivity index (χ2n) is 4.37. The van der Waals surface area contributed by atoms with E-state index in [1.165, 1.54) is 7.11 Å². The molecule has 0 aliphatic rings. The Morgan fingerprint density at radius 2 is 1.50 bits per heavy atom. The standard InChI is InChI=1S/C16H18O6/c1-20-14(17)12(9-11-7-5-4-6-8-11)10-13(15(18)21-2)16(19)22-3/h4-9,13H,10H2,1-3H3/b12-9-. The van der Waals surface area contributed by atoms with Gasteiger partial charge in [-0.25, -0.2) is 4.79 Å². The van der Waals surface area contributed by atoms with Gasteiger partial charge in [0.1, 0.15) is 0 Å². The van der Waals surface area contributed by atoms with Crippen molar-refractivity contribution in [2.75, 3.05) is 21.3 Å². The fraction of sp³-hybridized carbons (Fsp3) is 0.312. The Morgan fingerprint density at radius 3 is 1.95 bits per heavy atom. The second-order valence-corrected chi connectivity index (χ2v) is 4.37. The Morgan fingerprint density at radius 1 is 0.955 bits per heavy atom. The number of esters is 3. The summed E-state index contributed by atoms with van der Waals surface area (Å²) >= 11 is 0. The third kappa shape index (κ3) is 4.73. The van der Waals surface area contributed by atoms with Crippen LogP contribution >= 0.6 is 0 Å². The zero-order valence-corrected chi connectivity index (χ0v) is 12.7. The average molecular weight is 306 g/mol. The molecule has 0 saturated carbocycles. The van der Waals surface area contributed by atoms with Gasteiger partial charge in [-0.1, -0.05) is 30.3 Å². The number of benzene rings is 1. The van der Waals surface area contributed by atoms with Gasteiger partial charge in [0.2, 0.25) is 0 Å². The fourth-order valence-electron chi connectivity index (χ4n) is 1.85. The number of ether oxygens (including phenoxy) is 3. The van der Waals surface area contributed by atoms with Crippen molar-refractivity contribution in [1.29, 1.82) is 0 Å². The lowest BCUT2D eigenvalue weighted by Crippen LogP contribution is -2.28. The molecule has 1 rings (SSSR count). The lowest BCUT2D eigenvalue weighted by Gasteiger charge is -2.13. The van der Waals surface area contributed by atoms with E-state index in [1.54, 1.807) is 30.3 Å². The molecule has 0 N–H and O–H groups in total. The molecule has 0 saturated heterocycles. The first-order valence-corrected chi connectivity index (χ1v) is 6.53. The number of carbonyl (C=O) groups excluding carboxylic acids is 3. The van der Waals surface area contributed by atoms with Crippen molar-refractivity contribution in [1.82, 2.24) is 0 Å². The molecular weight excluding hydrogens is 288 g/mol. The van der Waals surface area contributed by atoms with E-state index in [4.69, 9.17) is 4.74 Å². The maximum absolute atomic E-state index is 11.9. The van der Waals surface area contributed by atoms with Gasteiger partial charge in [-0.05, 0) is 11.6 Å². The van der Waals surface area contributed by atoms with E-state index < -0.39 is 23.8 Å². The smallest absolute Gasteiger partial charge is 0.333 e. The van der Waals surface area contributed by atoms with Crippen molar-refractivity contribution in [2.45, 2.75) is 6.42 Å². The van der Waals surface area contributed by atoms with E-state index in [-0.39, 0.29) is 12.0 Å². The summed E-state index contributed by atoms with van der Waals surface area (Å²) in [5.41, 5.74) is 0.922. The minimum absolute atomic E-state index is 0.166. The molecule has 1 aromatic rings. The normalized spacial score (nSPS) is 11.0. The van der Waals surface area contributed by atoms with Crippen LogP contribution < -0.4 is 0 Å². The van der Waals surface area contributed by atoms with Crippen LogP contribution in [0.1, 0.15) is 12.0 Å². The van der Waals surface area contributed by atoms with E-state index in [2.05, 4.69) is 9.47 Å². The fourth-order valence-corrected chi connectivity index (χ4v) is 1.85. The van der Waals surface area contributed by atoms with E-state index in [0.717, 1.165) is 19.8 Å². The molecule has 118 valence electrons. The SMILES string of the molecule is COC(=O)/C(=C\c1ccccc1)CC(C(=O)OC)C(=O)OC. The highest BCUT2D eigenvalue weighted by molar-refractivity contribution is 5.99. The Hall–Kier alpha value is -2.63. The molecule has 0 aliphatic heterocycles. The van der Waals surface area contributed by atoms with Crippen molar-refractivity contribution in [2.24, 2.45) is 5.92 Å². The zero-order valence-electron chi connectivity index (χ0n) is 12.7. The Labute approximate surface area is 128 Å². The number of rotatable bonds is 6. The number of hydrogen-bond donors (Lipinski definition) is 0. The van der Waals surface area contributed by atoms with Gasteiger partial charge in [0.15, 0.2) is 5.92 Å². The van der Waals surface area contributed by atoms with E-state index in [9.17, 15) is 14.4 Å². The Kier molecular flexibility index (Phi) is 6.82. The summed E-state index contributed by atoms with van der Waals surface area (Å²) in [6, 6.07) is 9.01. The topological polar surface area (TPSA) is 78.9 Å². The molecule has 0 bridgehead atoms. The van der Waals surface area contributed by atoms with E-state index in [0.29, 0.717) is 0 Å². The van der Waals surface area contributed by atoms with E-state index in [1.807, 2.05) is 6.07 Å². The summed E-state index contributed by atoms with van der Waals surface area (Å²) < 4.78 is 13.9. The summed E-state index contributed by atoms with van der Waals surface area (Å²) in [5.74, 6) is -3.38. The van der Waals surface area contributed by atoms with Crippen LogP contribution in [0.25, 0.3) is 6.08 Å². The van der Waals surface area contributed by atoms with Crippen LogP contribution in [0.2, 0.25) is 0 Å². The lowest BCUT2D eigenvalue weighted by atomic mass is 9.97. The molecule has 1 aromatic carbocycles. The highest BCUT2D eigenvalue weighted by Gasteiger charge is 2.31. The summed E-state index contributed by atoms with van der Waals surface area (Å²) in [7, 11) is 3.56. The molecule has 6 nitrogen and oxygen atoms in total. The molecule has 0 radical (unpaired) electrons. The quantitative estimate of drug-likeness (QED) is 0.344. The van der Waals surface area contributed by atoms with Crippen LogP contribution in [0.15, 0.2) is 35.9 Å². The minimum Gasteiger partial charge on any atom is -0.468 e. The van der Waals surface area contributed by atoms with Crippen molar-refractivity contribution >= 4 is 24.0 Å². The molecule has 0 aliphatic carbocycles. The van der Waals surface area contributed by atoms with Gasteiger partial charge in [0.25, 0.3) is 0 Å². The van der Waals surface area contributed by atoms with Crippen molar-refractivity contribution in [3.63, 3.8) is 0 Å². The molecule has 0 amide bonds. The van der Waals surface area contributed by atoms with Gasteiger partial charge in [-0.2, -0.15) is 0 Å². The monoisotopic (exact) mass is 306 g/mol. The van der Waals surface area contributed by atoms with E-state index >= 15 is 0 Å². The lowest BCUT2D eigenvalue weighted by molar-refractivity contribution is -0.158. The van der Waals surface area contributed by atoms with Crippen molar-refractivity contribution in [3.8, 4) is 0 Å². The molecule has 0 heterocycles. The minimum atomic E-state index is -1.22. The van der Waals surface area contributed by atoms with Gasteiger partial charge in [-0.15, -0.1) is 0 Å². The predicted molar refractivity (Wildman–Crippen MR) is 78.6 cm³/mol. The van der Waals surface area contributed by atoms with Crippen molar-refractivity contribution < 1.29 is 28.6 Å². The molecule has 0 fully saturated rings. The van der Waals surface area contributed by atoms with Crippen molar-refractivity contribution in [3.05, 3.63) is 41.5 Å². The summed E-state index contributed by atoms with van der Waals surface area (Å²) in [5, 5.41) is 0. The van der Waals surface area contributed by atoms with Crippen LogP contribution in [0.5, 0.6) is 0 Å². The largest absolute Gasteiger partial charge is 0.468 e. The summed E-state index contributed by atoms with van der Waals surface area (Å²) in [6.45, 7) is 0. The summed E-state index contributed by atoms with van der Waals surface area (Å²) in [4.78, 5) is 35.3. The maximum Gasteiger partial charge on any atom is 0.333 e. The predicted octanol–water partition coefficient (Wildman–Crippen LogP) is 1.60. The van der Waals surface area contributed by atoms with Crippen LogP contribution in [0.4, 0.5) is 0 Å². The first-order valence-electron chi connectivity index (χ1n) is 6.53. The molecule has 0 unspecified atom stereocenters. The van der Waals surface area contributed by atoms with Crippen LogP contribution in [0.3, 0.4) is 0 Å². The molecule has 0 aromatic heterocycles.